The molecule has 1 atom stereocenters. The Bertz CT molecular complexity index is 739. The summed E-state index contributed by atoms with van der Waals surface area (Å²) >= 11 is 3.50. The smallest absolute Gasteiger partial charge is 0.352 e. The molecule has 20 heavy (non-hydrogen) atoms. The molecule has 0 radical (unpaired) electrons. The van der Waals surface area contributed by atoms with Crippen molar-refractivity contribution in [3.05, 3.63) is 28.4 Å². The molecule has 0 amide bonds. The molecule has 1 aliphatic rings. The summed E-state index contributed by atoms with van der Waals surface area (Å²) in [6, 6.07) is 3.17. The molecule has 8 heteroatoms. The first-order chi connectivity index (χ1) is 9.49. The number of carboxylic acid groups (broad SMARTS) is 1. The predicted molar refractivity (Wildman–Crippen MR) is 74.8 cm³/mol. The molecule has 2 aromatic rings. The van der Waals surface area contributed by atoms with Crippen molar-refractivity contribution >= 4 is 45.4 Å². The van der Waals surface area contributed by atoms with Gasteiger partial charge >= 0.3 is 5.97 Å². The summed E-state index contributed by atoms with van der Waals surface area (Å²) < 4.78 is 24.1. The Balaban J connectivity index is 2.33. The molecular weight excluding hydrogens is 304 g/mol. The van der Waals surface area contributed by atoms with Crippen LogP contribution in [0.1, 0.15) is 34.8 Å². The first kappa shape index (κ1) is 13.4. The van der Waals surface area contributed by atoms with E-state index in [-0.39, 0.29) is 22.3 Å². The van der Waals surface area contributed by atoms with Crippen molar-refractivity contribution in [3.63, 3.8) is 0 Å². The average Bonchev–Trinajstić information content (AvgIpc) is 3.12. The summed E-state index contributed by atoms with van der Waals surface area (Å²) in [6.45, 7) is 0. The summed E-state index contributed by atoms with van der Waals surface area (Å²) in [6.07, 6.45) is 1.78. The van der Waals surface area contributed by atoms with Crippen molar-refractivity contribution in [3.8, 4) is 0 Å². The van der Waals surface area contributed by atoms with Crippen molar-refractivity contribution in [2.24, 2.45) is 0 Å². The summed E-state index contributed by atoms with van der Waals surface area (Å²) in [4.78, 5) is 14.2. The summed E-state index contributed by atoms with van der Waals surface area (Å²) in [5.74, 6) is -0.928. The number of aromatic carboxylic acids is 1. The predicted octanol–water partition coefficient (Wildman–Crippen LogP) is 2.60. The molecule has 1 saturated carbocycles. The normalized spacial score (nSPS) is 16.3. The third-order valence-electron chi connectivity index (χ3n) is 3.34. The highest BCUT2D eigenvalue weighted by atomic mass is 35.5. The van der Waals surface area contributed by atoms with Crippen LogP contribution in [-0.4, -0.2) is 24.8 Å². The molecule has 1 unspecified atom stereocenters. The van der Waals surface area contributed by atoms with Crippen LogP contribution in [0.4, 0.5) is 5.69 Å². The van der Waals surface area contributed by atoms with Crippen LogP contribution in [0.25, 0.3) is 10.9 Å². The largest absolute Gasteiger partial charge is 0.755 e. The number of benzene rings is 1. The number of fused-ring (bicyclic) bond motifs is 1. The van der Waals surface area contributed by atoms with Crippen LogP contribution in [-0.2, 0) is 11.3 Å². The van der Waals surface area contributed by atoms with Crippen LogP contribution in [0, 0.1) is 0 Å². The Morgan fingerprint density at radius 2 is 2.20 bits per heavy atom. The summed E-state index contributed by atoms with van der Waals surface area (Å²) in [5, 5.41) is 10.1. The summed E-state index contributed by atoms with van der Waals surface area (Å²) in [7, 11) is 0. The Morgan fingerprint density at radius 1 is 1.50 bits per heavy atom. The van der Waals surface area contributed by atoms with Gasteiger partial charge in [-0.25, -0.2) is 4.79 Å². The zero-order valence-electron chi connectivity index (χ0n) is 10.1. The van der Waals surface area contributed by atoms with Crippen molar-refractivity contribution in [1.82, 2.24) is 4.98 Å². The van der Waals surface area contributed by atoms with Gasteiger partial charge in [0.25, 0.3) is 0 Å². The molecule has 1 fully saturated rings. The molecule has 1 aromatic carbocycles. The van der Waals surface area contributed by atoms with Crippen molar-refractivity contribution in [2.45, 2.75) is 18.8 Å². The molecule has 1 aromatic heterocycles. The number of rotatable bonds is 4. The second-order valence-corrected chi connectivity index (χ2v) is 5.76. The van der Waals surface area contributed by atoms with Gasteiger partial charge in [-0.3, -0.25) is 4.21 Å². The molecule has 0 aliphatic heterocycles. The van der Waals surface area contributed by atoms with E-state index < -0.39 is 17.2 Å². The highest BCUT2D eigenvalue weighted by Crippen LogP contribution is 2.48. The molecule has 1 heterocycles. The van der Waals surface area contributed by atoms with E-state index in [4.69, 9.17) is 11.6 Å². The zero-order valence-corrected chi connectivity index (χ0v) is 11.7. The molecule has 3 N–H and O–H groups in total. The van der Waals surface area contributed by atoms with Crippen LogP contribution in [0.3, 0.4) is 0 Å². The lowest BCUT2D eigenvalue weighted by Crippen LogP contribution is -2.04. The number of nitrogens with one attached hydrogen (secondary N) is 2. The van der Waals surface area contributed by atoms with E-state index in [1.165, 1.54) is 6.07 Å². The summed E-state index contributed by atoms with van der Waals surface area (Å²) in [5.41, 5.74) is 1.51. The minimum atomic E-state index is -2.53. The van der Waals surface area contributed by atoms with Gasteiger partial charge in [0, 0.05) is 22.2 Å². The molecule has 106 valence electrons. The van der Waals surface area contributed by atoms with Gasteiger partial charge in [-0.2, -0.15) is 0 Å². The Labute approximate surface area is 121 Å². The Morgan fingerprint density at radius 3 is 2.75 bits per heavy atom. The number of hydrogen-bond acceptors (Lipinski definition) is 3. The van der Waals surface area contributed by atoms with Gasteiger partial charge in [0.1, 0.15) is 5.69 Å². The van der Waals surface area contributed by atoms with Gasteiger partial charge < -0.3 is 19.4 Å². The van der Waals surface area contributed by atoms with Gasteiger partial charge in [-0.15, -0.1) is 0 Å². The molecule has 1 aliphatic carbocycles. The molecule has 0 saturated heterocycles. The maximum absolute atomic E-state index is 11.3. The van der Waals surface area contributed by atoms with Gasteiger partial charge in [-0.05, 0) is 36.5 Å². The molecule has 0 bridgehead atoms. The minimum Gasteiger partial charge on any atom is -0.755 e. The SMILES string of the molecule is O=C(O)c1[nH]c2ccc(Cl)c(NS(=O)[O-])c2c1C1CC1. The average molecular weight is 314 g/mol. The Kier molecular flexibility index (Phi) is 3.19. The third-order valence-corrected chi connectivity index (χ3v) is 4.02. The number of carboxylic acids is 1. The van der Waals surface area contributed by atoms with E-state index in [0.717, 1.165) is 12.8 Å². The van der Waals surface area contributed by atoms with Gasteiger partial charge in [-0.1, -0.05) is 11.6 Å². The molecule has 6 nitrogen and oxygen atoms in total. The van der Waals surface area contributed by atoms with E-state index in [2.05, 4.69) is 9.71 Å². The number of hydrogen-bond donors (Lipinski definition) is 3. The van der Waals surface area contributed by atoms with Gasteiger partial charge in [0.2, 0.25) is 0 Å². The lowest BCUT2D eigenvalue weighted by molar-refractivity contribution is 0.0690. The van der Waals surface area contributed by atoms with Crippen LogP contribution in [0.2, 0.25) is 5.02 Å². The fourth-order valence-electron chi connectivity index (χ4n) is 2.42. The fourth-order valence-corrected chi connectivity index (χ4v) is 3.06. The fraction of sp³-hybridized carbons (Fsp3) is 0.250. The lowest BCUT2D eigenvalue weighted by Gasteiger charge is -2.13. The van der Waals surface area contributed by atoms with E-state index in [9.17, 15) is 18.7 Å². The van der Waals surface area contributed by atoms with Crippen molar-refractivity contribution < 1.29 is 18.7 Å². The van der Waals surface area contributed by atoms with E-state index >= 15 is 0 Å². The number of aromatic amines is 1. The van der Waals surface area contributed by atoms with E-state index in [1.807, 2.05) is 0 Å². The topological polar surface area (TPSA) is 105 Å². The van der Waals surface area contributed by atoms with Gasteiger partial charge in [0.15, 0.2) is 0 Å². The van der Waals surface area contributed by atoms with E-state index in [1.54, 1.807) is 6.07 Å². The minimum absolute atomic E-state index is 0.101. The molecular formula is C12H10ClN2O4S-. The van der Waals surface area contributed by atoms with Crippen molar-refractivity contribution in [2.75, 3.05) is 4.72 Å². The number of carbonyl (C=O) groups is 1. The standard InChI is InChI=1S/C12H11ClN2O4S/c13-6-3-4-7-9(10(6)15-20(18)19)8(5-1-2-5)11(14-7)12(16)17/h3-5,14-15H,1-2H2,(H,16,17)(H,18,19)/p-1. The second-order valence-electron chi connectivity index (χ2n) is 4.67. The molecule has 0 spiro atoms. The zero-order chi connectivity index (χ0) is 14.4. The number of halogens is 1. The van der Waals surface area contributed by atoms with Crippen LogP contribution in [0.15, 0.2) is 12.1 Å². The monoisotopic (exact) mass is 313 g/mol. The maximum Gasteiger partial charge on any atom is 0.352 e. The van der Waals surface area contributed by atoms with Crippen molar-refractivity contribution in [1.29, 1.82) is 0 Å². The van der Waals surface area contributed by atoms with Crippen LogP contribution in [0.5, 0.6) is 0 Å². The first-order valence-electron chi connectivity index (χ1n) is 5.92. The highest BCUT2D eigenvalue weighted by molar-refractivity contribution is 7.80. The maximum atomic E-state index is 11.3. The molecule has 3 rings (SSSR count). The van der Waals surface area contributed by atoms with Gasteiger partial charge in [0.05, 0.1) is 10.7 Å². The second kappa shape index (κ2) is 4.76. The highest BCUT2D eigenvalue weighted by Gasteiger charge is 2.33. The first-order valence-corrected chi connectivity index (χ1v) is 7.37. The van der Waals surface area contributed by atoms with E-state index in [0.29, 0.717) is 16.5 Å². The quantitative estimate of drug-likeness (QED) is 0.754. The Hall–Kier alpha value is -1.57. The third kappa shape index (κ3) is 2.17. The number of H-pyrrole nitrogens is 1. The lowest BCUT2D eigenvalue weighted by atomic mass is 10.0. The number of aromatic nitrogens is 1. The van der Waals surface area contributed by atoms with Crippen LogP contribution >= 0.6 is 11.6 Å². The van der Waals surface area contributed by atoms with Crippen LogP contribution < -0.4 is 4.72 Å². The number of anilines is 1.